The van der Waals surface area contributed by atoms with Crippen LogP contribution in [-0.2, 0) is 6.42 Å². The van der Waals surface area contributed by atoms with E-state index in [1.807, 2.05) is 52.0 Å². The van der Waals surface area contributed by atoms with Crippen LogP contribution < -0.4 is 14.4 Å². The summed E-state index contributed by atoms with van der Waals surface area (Å²) in [5, 5.41) is 9.69. The fraction of sp³-hybridized carbons (Fsp3) is 0.412. The van der Waals surface area contributed by atoms with Gasteiger partial charge in [0.25, 0.3) is 0 Å². The van der Waals surface area contributed by atoms with Gasteiger partial charge in [0.2, 0.25) is 0 Å². The van der Waals surface area contributed by atoms with Gasteiger partial charge in [-0.2, -0.15) is 0 Å². The first-order chi connectivity index (χ1) is 18.7. The van der Waals surface area contributed by atoms with Crippen LogP contribution in [0.5, 0.6) is 17.2 Å². The van der Waals surface area contributed by atoms with E-state index in [1.165, 1.54) is 43.5 Å². The van der Waals surface area contributed by atoms with Crippen molar-refractivity contribution in [2.45, 2.75) is 66.4 Å². The molecule has 0 bridgehead atoms. The van der Waals surface area contributed by atoms with E-state index in [-0.39, 0.29) is 11.9 Å². The highest BCUT2D eigenvalue weighted by molar-refractivity contribution is 5.75. The number of phenolic OH excluding ortho intramolecular Hbond substituents is 1. The van der Waals surface area contributed by atoms with Crippen LogP contribution in [-0.4, -0.2) is 31.3 Å². The highest BCUT2D eigenvalue weighted by Gasteiger charge is 2.28. The standard InChI is InChI=1S/C30H33NO3.2C2H6/c1-22-27-7-3-4-8-29(27)34-30(28(22)21-23-9-13-25(32)14-10-23)24-11-15-26(16-12-24)33-20-19-31-17-5-2-6-18-31;2*1-2/h3-4,7-16,30,32H,2,5-6,17-21H2,1H3;2*1-2H3/p+1. The van der Waals surface area contributed by atoms with Crippen molar-refractivity contribution in [3.8, 4) is 17.2 Å². The zero-order chi connectivity index (χ0) is 27.3. The number of piperidine rings is 1. The molecule has 4 nitrogen and oxygen atoms in total. The summed E-state index contributed by atoms with van der Waals surface area (Å²) in [6, 6.07) is 24.1. The Morgan fingerprint density at radius 2 is 1.50 bits per heavy atom. The van der Waals surface area contributed by atoms with E-state index in [1.54, 1.807) is 17.0 Å². The molecule has 0 aromatic heterocycles. The molecule has 3 aromatic carbocycles. The number of fused-ring (bicyclic) bond motifs is 1. The average Bonchev–Trinajstić information content (AvgIpc) is 2.99. The van der Waals surface area contributed by atoms with Gasteiger partial charge in [0.15, 0.2) is 0 Å². The van der Waals surface area contributed by atoms with Gasteiger partial charge in [0.05, 0.1) is 13.1 Å². The SMILES string of the molecule is CC.CC.CC1=C(Cc2ccc(O)cc2)C(c2ccc(OCC[NH+]3CCCCC3)cc2)Oc2ccccc21. The first-order valence-corrected chi connectivity index (χ1v) is 14.5. The number of allylic oxidation sites excluding steroid dienone is 1. The molecule has 204 valence electrons. The number of hydrogen-bond donors (Lipinski definition) is 2. The van der Waals surface area contributed by atoms with Crippen molar-refractivity contribution in [2.24, 2.45) is 0 Å². The van der Waals surface area contributed by atoms with Crippen LogP contribution in [0.4, 0.5) is 0 Å². The van der Waals surface area contributed by atoms with Crippen LogP contribution in [0.15, 0.2) is 78.4 Å². The number of hydrogen-bond acceptors (Lipinski definition) is 3. The third kappa shape index (κ3) is 7.64. The Hall–Kier alpha value is -3.24. The van der Waals surface area contributed by atoms with Gasteiger partial charge in [-0.25, -0.2) is 0 Å². The maximum Gasteiger partial charge on any atom is 0.146 e. The van der Waals surface area contributed by atoms with E-state index in [0.29, 0.717) is 0 Å². The summed E-state index contributed by atoms with van der Waals surface area (Å²) >= 11 is 0. The summed E-state index contributed by atoms with van der Waals surface area (Å²) in [6.07, 6.45) is 4.67. The molecule has 0 saturated carbocycles. The summed E-state index contributed by atoms with van der Waals surface area (Å²) < 4.78 is 12.6. The van der Waals surface area contributed by atoms with Crippen LogP contribution in [0.25, 0.3) is 5.57 Å². The number of nitrogens with one attached hydrogen (secondary N) is 1. The van der Waals surface area contributed by atoms with Crippen LogP contribution in [0.1, 0.15) is 76.7 Å². The van der Waals surface area contributed by atoms with Crippen molar-refractivity contribution < 1.29 is 19.5 Å². The van der Waals surface area contributed by atoms with Crippen LogP contribution in [0.3, 0.4) is 0 Å². The van der Waals surface area contributed by atoms with Gasteiger partial charge in [-0.1, -0.05) is 70.2 Å². The molecular formula is C34H46NO3+. The Kier molecular flexibility index (Phi) is 11.8. The second-order valence-corrected chi connectivity index (χ2v) is 9.47. The fourth-order valence-electron chi connectivity index (χ4n) is 5.13. The number of para-hydroxylation sites is 1. The molecule has 2 N–H and O–H groups in total. The third-order valence-electron chi connectivity index (χ3n) is 7.13. The first-order valence-electron chi connectivity index (χ1n) is 14.5. The molecule has 1 saturated heterocycles. The highest BCUT2D eigenvalue weighted by atomic mass is 16.5. The Labute approximate surface area is 229 Å². The molecule has 4 heteroatoms. The van der Waals surface area contributed by atoms with Gasteiger partial charge in [0.1, 0.15) is 36.5 Å². The van der Waals surface area contributed by atoms with Crippen molar-refractivity contribution >= 4 is 5.57 Å². The molecule has 1 atom stereocenters. The molecule has 0 aliphatic carbocycles. The minimum atomic E-state index is -0.157. The minimum absolute atomic E-state index is 0.157. The monoisotopic (exact) mass is 516 g/mol. The van der Waals surface area contributed by atoms with Gasteiger partial charge in [-0.3, -0.25) is 0 Å². The van der Waals surface area contributed by atoms with Crippen molar-refractivity contribution in [1.82, 2.24) is 0 Å². The van der Waals surface area contributed by atoms with Crippen molar-refractivity contribution in [3.63, 3.8) is 0 Å². The molecule has 1 fully saturated rings. The number of likely N-dealkylation sites (tertiary alicyclic amines) is 1. The molecule has 2 aliphatic heterocycles. The summed E-state index contributed by atoms with van der Waals surface area (Å²) in [5.74, 6) is 2.12. The molecule has 2 heterocycles. The largest absolute Gasteiger partial charge is 0.508 e. The molecule has 5 rings (SSSR count). The quantitative estimate of drug-likeness (QED) is 0.354. The van der Waals surface area contributed by atoms with Gasteiger partial charge in [-0.15, -0.1) is 0 Å². The van der Waals surface area contributed by atoms with E-state index >= 15 is 0 Å². The van der Waals surface area contributed by atoms with E-state index in [4.69, 9.17) is 9.47 Å². The molecule has 38 heavy (non-hydrogen) atoms. The number of quaternary nitrogens is 1. The van der Waals surface area contributed by atoms with Crippen LogP contribution >= 0.6 is 0 Å². The zero-order valence-corrected chi connectivity index (χ0v) is 23.9. The predicted molar refractivity (Wildman–Crippen MR) is 158 cm³/mol. The topological polar surface area (TPSA) is 43.1 Å². The van der Waals surface area contributed by atoms with Crippen LogP contribution in [0, 0.1) is 0 Å². The number of benzene rings is 3. The zero-order valence-electron chi connectivity index (χ0n) is 23.9. The normalized spacial score (nSPS) is 16.7. The van der Waals surface area contributed by atoms with E-state index in [0.717, 1.165) is 47.8 Å². The second-order valence-electron chi connectivity index (χ2n) is 9.47. The lowest BCUT2D eigenvalue weighted by atomic mass is 9.87. The number of ether oxygens (including phenoxy) is 2. The number of rotatable bonds is 7. The summed E-state index contributed by atoms with van der Waals surface area (Å²) in [5.41, 5.74) is 5.92. The van der Waals surface area contributed by atoms with Crippen molar-refractivity contribution in [1.29, 1.82) is 0 Å². The lowest BCUT2D eigenvalue weighted by Crippen LogP contribution is -3.13. The Morgan fingerprint density at radius 3 is 2.18 bits per heavy atom. The lowest BCUT2D eigenvalue weighted by molar-refractivity contribution is -0.904. The average molecular weight is 517 g/mol. The molecule has 2 aliphatic rings. The molecule has 3 aromatic rings. The predicted octanol–water partition coefficient (Wildman–Crippen LogP) is 7.04. The molecular weight excluding hydrogens is 470 g/mol. The Morgan fingerprint density at radius 1 is 0.842 bits per heavy atom. The summed E-state index contributed by atoms with van der Waals surface area (Å²) in [6.45, 7) is 14.6. The molecule has 1 unspecified atom stereocenters. The molecule has 0 spiro atoms. The summed E-state index contributed by atoms with van der Waals surface area (Å²) in [4.78, 5) is 1.66. The van der Waals surface area contributed by atoms with E-state index in [9.17, 15) is 5.11 Å². The minimum Gasteiger partial charge on any atom is -0.508 e. The van der Waals surface area contributed by atoms with Crippen molar-refractivity contribution in [3.05, 3.63) is 95.1 Å². The van der Waals surface area contributed by atoms with Gasteiger partial charge in [0, 0.05) is 5.56 Å². The fourth-order valence-corrected chi connectivity index (χ4v) is 5.13. The first kappa shape index (κ1) is 29.3. The van der Waals surface area contributed by atoms with Crippen molar-refractivity contribution in [2.75, 3.05) is 26.2 Å². The van der Waals surface area contributed by atoms with E-state index in [2.05, 4.69) is 43.3 Å². The Bertz CT molecular complexity index is 1130. The van der Waals surface area contributed by atoms with Crippen LogP contribution in [0.2, 0.25) is 0 Å². The highest BCUT2D eigenvalue weighted by Crippen LogP contribution is 2.43. The number of aromatic hydroxyl groups is 1. The van der Waals surface area contributed by atoms with Gasteiger partial charge < -0.3 is 19.5 Å². The lowest BCUT2D eigenvalue weighted by Gasteiger charge is -2.31. The third-order valence-corrected chi connectivity index (χ3v) is 7.13. The van der Waals surface area contributed by atoms with E-state index < -0.39 is 0 Å². The second kappa shape index (κ2) is 15.2. The maximum absolute atomic E-state index is 9.69. The summed E-state index contributed by atoms with van der Waals surface area (Å²) in [7, 11) is 0. The molecule has 0 radical (unpaired) electrons. The molecule has 0 amide bonds. The van der Waals surface area contributed by atoms with Gasteiger partial charge in [-0.05, 0) is 85.2 Å². The van der Waals surface area contributed by atoms with Gasteiger partial charge >= 0.3 is 0 Å². The number of phenols is 1. The maximum atomic E-state index is 9.69. The Balaban J connectivity index is 0.000000956. The smallest absolute Gasteiger partial charge is 0.146 e.